The summed E-state index contributed by atoms with van der Waals surface area (Å²) >= 11 is 0. The van der Waals surface area contributed by atoms with Gasteiger partial charge in [0.2, 0.25) is 0 Å². The number of hydrogen-bond donors (Lipinski definition) is 0. The normalized spacial score (nSPS) is 45.0. The highest BCUT2D eigenvalue weighted by Crippen LogP contribution is 2.82. The predicted molar refractivity (Wildman–Crippen MR) is 52.6 cm³/mol. The summed E-state index contributed by atoms with van der Waals surface area (Å²) in [5.41, 5.74) is 1.54. The first-order chi connectivity index (χ1) is 5.98. The van der Waals surface area contributed by atoms with Crippen molar-refractivity contribution in [1.29, 1.82) is 0 Å². The van der Waals surface area contributed by atoms with Gasteiger partial charge < -0.3 is 4.74 Å². The molecule has 2 atom stereocenters. The van der Waals surface area contributed by atoms with Crippen LogP contribution in [0.5, 0.6) is 0 Å². The van der Waals surface area contributed by atoms with E-state index < -0.39 is 0 Å². The van der Waals surface area contributed by atoms with Crippen molar-refractivity contribution in [2.24, 2.45) is 10.8 Å². The lowest BCUT2D eigenvalue weighted by molar-refractivity contribution is -0.0619. The van der Waals surface area contributed by atoms with Crippen molar-refractivity contribution in [3.8, 4) is 0 Å². The van der Waals surface area contributed by atoms with Crippen molar-refractivity contribution >= 4 is 0 Å². The Bertz CT molecular complexity index is 246. The van der Waals surface area contributed by atoms with Gasteiger partial charge in [0.05, 0.1) is 11.7 Å². The molecule has 0 saturated heterocycles. The van der Waals surface area contributed by atoms with Gasteiger partial charge in [-0.05, 0) is 58.3 Å². The second-order valence-corrected chi connectivity index (χ2v) is 6.36. The summed E-state index contributed by atoms with van der Waals surface area (Å²) in [5, 5.41) is 0. The SMILES string of the molecule is CC(C)(C)O[C@@H]1C[C@@]12CCC21CC1. The third kappa shape index (κ3) is 0.971. The zero-order chi connectivity index (χ0) is 9.32. The van der Waals surface area contributed by atoms with Crippen LogP contribution < -0.4 is 0 Å². The second kappa shape index (κ2) is 1.98. The Kier molecular flexibility index (Phi) is 1.26. The van der Waals surface area contributed by atoms with E-state index in [1.807, 2.05) is 0 Å². The fourth-order valence-corrected chi connectivity index (χ4v) is 3.37. The highest BCUT2D eigenvalue weighted by Gasteiger charge is 2.77. The lowest BCUT2D eigenvalue weighted by atomic mass is 9.66. The van der Waals surface area contributed by atoms with E-state index >= 15 is 0 Å². The summed E-state index contributed by atoms with van der Waals surface area (Å²) in [6.07, 6.45) is 7.92. The van der Waals surface area contributed by atoms with Gasteiger partial charge >= 0.3 is 0 Å². The van der Waals surface area contributed by atoms with Gasteiger partial charge in [-0.2, -0.15) is 0 Å². The molecule has 1 nitrogen and oxygen atoms in total. The molecule has 0 amide bonds. The first-order valence-corrected chi connectivity index (χ1v) is 5.65. The number of rotatable bonds is 1. The largest absolute Gasteiger partial charge is 0.372 e. The molecule has 3 fully saturated rings. The fraction of sp³-hybridized carbons (Fsp3) is 1.00. The van der Waals surface area contributed by atoms with E-state index in [1.165, 1.54) is 32.1 Å². The molecule has 74 valence electrons. The molecule has 0 radical (unpaired) electrons. The van der Waals surface area contributed by atoms with Crippen LogP contribution >= 0.6 is 0 Å². The van der Waals surface area contributed by atoms with Crippen molar-refractivity contribution in [2.45, 2.75) is 64.6 Å². The van der Waals surface area contributed by atoms with Gasteiger partial charge in [0.15, 0.2) is 0 Å². The van der Waals surface area contributed by atoms with Gasteiger partial charge in [0, 0.05) is 5.41 Å². The molecule has 13 heavy (non-hydrogen) atoms. The summed E-state index contributed by atoms with van der Waals surface area (Å²) in [4.78, 5) is 0. The van der Waals surface area contributed by atoms with Crippen LogP contribution in [0.25, 0.3) is 0 Å². The van der Waals surface area contributed by atoms with E-state index in [9.17, 15) is 0 Å². The minimum atomic E-state index is 0.0693. The predicted octanol–water partition coefficient (Wildman–Crippen LogP) is 3.13. The number of ether oxygens (including phenoxy) is 1. The molecule has 0 aliphatic heterocycles. The average Bonchev–Trinajstić information content (AvgIpc) is 2.75. The summed E-state index contributed by atoms with van der Waals surface area (Å²) in [5.74, 6) is 0. The molecule has 3 rings (SSSR count). The lowest BCUT2D eigenvalue weighted by Gasteiger charge is -2.40. The van der Waals surface area contributed by atoms with Crippen molar-refractivity contribution in [3.05, 3.63) is 0 Å². The van der Waals surface area contributed by atoms with Crippen LogP contribution in [0.3, 0.4) is 0 Å². The number of hydrogen-bond acceptors (Lipinski definition) is 1. The van der Waals surface area contributed by atoms with Gasteiger partial charge in [0.1, 0.15) is 0 Å². The van der Waals surface area contributed by atoms with Crippen molar-refractivity contribution < 1.29 is 4.74 Å². The van der Waals surface area contributed by atoms with Crippen LogP contribution in [0.4, 0.5) is 0 Å². The maximum Gasteiger partial charge on any atom is 0.0651 e. The monoisotopic (exact) mass is 180 g/mol. The molecular weight excluding hydrogens is 160 g/mol. The van der Waals surface area contributed by atoms with Gasteiger partial charge in [-0.3, -0.25) is 0 Å². The molecule has 0 aromatic rings. The van der Waals surface area contributed by atoms with E-state index in [0.717, 1.165) is 5.41 Å². The molecule has 1 heteroatoms. The summed E-state index contributed by atoms with van der Waals surface area (Å²) in [6, 6.07) is 0. The van der Waals surface area contributed by atoms with Crippen LogP contribution in [0.2, 0.25) is 0 Å². The van der Waals surface area contributed by atoms with Crippen LogP contribution in [0.15, 0.2) is 0 Å². The highest BCUT2D eigenvalue weighted by molar-refractivity contribution is 5.26. The zero-order valence-electron chi connectivity index (χ0n) is 9.02. The van der Waals surface area contributed by atoms with E-state index in [2.05, 4.69) is 20.8 Å². The number of fused-ring (bicyclic) bond motifs is 1. The maximum absolute atomic E-state index is 6.08. The van der Waals surface area contributed by atoms with Crippen molar-refractivity contribution in [2.75, 3.05) is 0 Å². The molecule has 0 aromatic heterocycles. The fourth-order valence-electron chi connectivity index (χ4n) is 3.37. The van der Waals surface area contributed by atoms with Crippen LogP contribution in [0.1, 0.15) is 52.9 Å². The summed E-state index contributed by atoms with van der Waals surface area (Å²) < 4.78 is 6.08. The first kappa shape index (κ1) is 8.28. The quantitative estimate of drug-likeness (QED) is 0.602. The Labute approximate surface area is 80.8 Å². The molecule has 0 N–H and O–H groups in total. The van der Waals surface area contributed by atoms with Gasteiger partial charge in [-0.25, -0.2) is 0 Å². The van der Waals surface area contributed by atoms with E-state index in [4.69, 9.17) is 4.74 Å². The summed E-state index contributed by atoms with van der Waals surface area (Å²) in [7, 11) is 0. The standard InChI is InChI=1S/C12H20O/c1-10(2,3)13-9-8-12(9)7-6-11(12)4-5-11/h9H,4-8H2,1-3H3/t9-,12+/m1/s1. The molecule has 3 saturated carbocycles. The van der Waals surface area contributed by atoms with Crippen molar-refractivity contribution in [3.63, 3.8) is 0 Å². The highest BCUT2D eigenvalue weighted by atomic mass is 16.5. The second-order valence-electron chi connectivity index (χ2n) is 6.36. The lowest BCUT2D eigenvalue weighted by Crippen LogP contribution is -2.35. The van der Waals surface area contributed by atoms with Gasteiger partial charge in [-0.1, -0.05) is 0 Å². The average molecular weight is 180 g/mol. The molecule has 2 spiro atoms. The third-order valence-electron chi connectivity index (χ3n) is 4.46. The smallest absolute Gasteiger partial charge is 0.0651 e. The Morgan fingerprint density at radius 3 is 2.08 bits per heavy atom. The molecule has 0 heterocycles. The molecular formula is C12H20O. The molecule has 3 aliphatic carbocycles. The minimum absolute atomic E-state index is 0.0693. The Hall–Kier alpha value is -0.0400. The Morgan fingerprint density at radius 1 is 1.08 bits per heavy atom. The van der Waals surface area contributed by atoms with E-state index in [0.29, 0.717) is 11.5 Å². The Balaban J connectivity index is 1.66. The van der Waals surface area contributed by atoms with Crippen LogP contribution in [0, 0.1) is 10.8 Å². The molecule has 0 unspecified atom stereocenters. The first-order valence-electron chi connectivity index (χ1n) is 5.65. The van der Waals surface area contributed by atoms with E-state index in [1.54, 1.807) is 0 Å². The molecule has 3 aliphatic rings. The summed E-state index contributed by atoms with van der Waals surface area (Å²) in [6.45, 7) is 6.53. The van der Waals surface area contributed by atoms with Crippen molar-refractivity contribution in [1.82, 2.24) is 0 Å². The zero-order valence-corrected chi connectivity index (χ0v) is 9.02. The van der Waals surface area contributed by atoms with Gasteiger partial charge in [-0.15, -0.1) is 0 Å². The molecule has 0 aromatic carbocycles. The third-order valence-corrected chi connectivity index (χ3v) is 4.46. The maximum atomic E-state index is 6.08. The minimum Gasteiger partial charge on any atom is -0.372 e. The van der Waals surface area contributed by atoms with Crippen LogP contribution in [-0.4, -0.2) is 11.7 Å². The Morgan fingerprint density at radius 2 is 1.69 bits per heavy atom. The van der Waals surface area contributed by atoms with E-state index in [-0.39, 0.29) is 5.60 Å². The van der Waals surface area contributed by atoms with Gasteiger partial charge in [0.25, 0.3) is 0 Å². The van der Waals surface area contributed by atoms with Crippen LogP contribution in [-0.2, 0) is 4.74 Å². The molecule has 0 bridgehead atoms. The topological polar surface area (TPSA) is 9.23 Å².